The zero-order chi connectivity index (χ0) is 14.7. The van der Waals surface area contributed by atoms with Crippen molar-refractivity contribution >= 4 is 29.2 Å². The number of benzene rings is 2. The van der Waals surface area contributed by atoms with E-state index in [9.17, 15) is 14.0 Å². The molecule has 0 aliphatic heterocycles. The van der Waals surface area contributed by atoms with E-state index in [-0.39, 0.29) is 11.3 Å². The zero-order valence-electron chi connectivity index (χ0n) is 10.1. The maximum Gasteiger partial charge on any atom is 0.337 e. The fourth-order valence-corrected chi connectivity index (χ4v) is 1.72. The molecule has 0 saturated heterocycles. The number of halogens is 2. The number of rotatable bonds is 3. The van der Waals surface area contributed by atoms with Crippen LogP contribution in [0.4, 0.5) is 10.1 Å². The molecule has 0 bridgehead atoms. The Morgan fingerprint density at radius 2 is 1.75 bits per heavy atom. The Morgan fingerprint density at radius 1 is 1.10 bits per heavy atom. The first-order valence-corrected chi connectivity index (χ1v) is 5.95. The number of hydrogen-bond donors (Lipinski definition) is 2. The minimum atomic E-state index is -1.32. The number of anilines is 1. The van der Waals surface area contributed by atoms with Crippen molar-refractivity contribution in [3.05, 3.63) is 64.4 Å². The van der Waals surface area contributed by atoms with Gasteiger partial charge in [0, 0.05) is 10.6 Å². The average Bonchev–Trinajstić information content (AvgIpc) is 2.41. The second-order valence-electron chi connectivity index (χ2n) is 3.96. The SMILES string of the molecule is O=C(Nc1ccc(F)cc1C(=O)O)c1ccc(Cl)cc1. The van der Waals surface area contributed by atoms with Crippen molar-refractivity contribution in [2.45, 2.75) is 0 Å². The number of carboxylic acids is 1. The molecule has 1 amide bonds. The van der Waals surface area contributed by atoms with Gasteiger partial charge in [0.05, 0.1) is 11.3 Å². The second kappa shape index (κ2) is 5.71. The molecule has 0 aliphatic carbocycles. The number of carbonyl (C=O) groups excluding carboxylic acids is 1. The monoisotopic (exact) mass is 293 g/mol. The van der Waals surface area contributed by atoms with Gasteiger partial charge in [-0.15, -0.1) is 0 Å². The van der Waals surface area contributed by atoms with E-state index in [0.717, 1.165) is 12.1 Å². The third-order valence-electron chi connectivity index (χ3n) is 2.57. The largest absolute Gasteiger partial charge is 0.478 e. The van der Waals surface area contributed by atoms with Crippen molar-refractivity contribution in [3.63, 3.8) is 0 Å². The number of carboxylic acid groups (broad SMARTS) is 1. The lowest BCUT2D eigenvalue weighted by Crippen LogP contribution is -2.14. The molecule has 2 aromatic carbocycles. The van der Waals surface area contributed by atoms with Gasteiger partial charge in [-0.1, -0.05) is 11.6 Å². The molecule has 2 aromatic rings. The first-order valence-electron chi connectivity index (χ1n) is 5.57. The Balaban J connectivity index is 2.28. The Morgan fingerprint density at radius 3 is 2.35 bits per heavy atom. The number of amides is 1. The summed E-state index contributed by atoms with van der Waals surface area (Å²) >= 11 is 5.71. The molecular formula is C14H9ClFNO3. The fourth-order valence-electron chi connectivity index (χ4n) is 1.60. The molecule has 0 radical (unpaired) electrons. The van der Waals surface area contributed by atoms with Crippen LogP contribution < -0.4 is 5.32 Å². The highest BCUT2D eigenvalue weighted by molar-refractivity contribution is 6.30. The zero-order valence-corrected chi connectivity index (χ0v) is 10.8. The van der Waals surface area contributed by atoms with Crippen molar-refractivity contribution in [2.24, 2.45) is 0 Å². The van der Waals surface area contributed by atoms with Gasteiger partial charge >= 0.3 is 5.97 Å². The van der Waals surface area contributed by atoms with Crippen LogP contribution in [0.3, 0.4) is 0 Å². The summed E-state index contributed by atoms with van der Waals surface area (Å²) < 4.78 is 13.0. The van der Waals surface area contributed by atoms with Crippen LogP contribution in [0.5, 0.6) is 0 Å². The first kappa shape index (κ1) is 14.0. The molecule has 6 heteroatoms. The maximum atomic E-state index is 13.0. The van der Waals surface area contributed by atoms with Crippen LogP contribution >= 0.6 is 11.6 Å². The summed E-state index contributed by atoms with van der Waals surface area (Å²) in [5, 5.41) is 11.9. The highest BCUT2D eigenvalue weighted by Crippen LogP contribution is 2.18. The van der Waals surface area contributed by atoms with Gasteiger partial charge in [0.15, 0.2) is 0 Å². The lowest BCUT2D eigenvalue weighted by molar-refractivity contribution is 0.0697. The summed E-state index contributed by atoms with van der Waals surface area (Å²) in [6.45, 7) is 0. The smallest absolute Gasteiger partial charge is 0.337 e. The second-order valence-corrected chi connectivity index (χ2v) is 4.39. The lowest BCUT2D eigenvalue weighted by atomic mass is 10.1. The van der Waals surface area contributed by atoms with Crippen molar-refractivity contribution in [2.75, 3.05) is 5.32 Å². The molecular weight excluding hydrogens is 285 g/mol. The molecule has 0 spiro atoms. The summed E-state index contributed by atoms with van der Waals surface area (Å²) in [5.74, 6) is -2.52. The molecule has 0 heterocycles. The molecule has 0 aliphatic rings. The maximum absolute atomic E-state index is 13.0. The van der Waals surface area contributed by atoms with E-state index in [1.54, 1.807) is 12.1 Å². The molecule has 2 rings (SSSR count). The van der Waals surface area contributed by atoms with Gasteiger partial charge in [0.1, 0.15) is 5.82 Å². The van der Waals surface area contributed by atoms with Crippen LogP contribution in [0.15, 0.2) is 42.5 Å². The molecule has 4 nitrogen and oxygen atoms in total. The van der Waals surface area contributed by atoms with E-state index in [1.807, 2.05) is 0 Å². The van der Waals surface area contributed by atoms with Gasteiger partial charge in [-0.25, -0.2) is 9.18 Å². The van der Waals surface area contributed by atoms with Gasteiger partial charge in [0.25, 0.3) is 5.91 Å². The van der Waals surface area contributed by atoms with Gasteiger partial charge in [-0.2, -0.15) is 0 Å². The first-order chi connectivity index (χ1) is 9.47. The Bertz CT molecular complexity index is 671. The summed E-state index contributed by atoms with van der Waals surface area (Å²) in [6, 6.07) is 9.21. The normalized spacial score (nSPS) is 10.1. The van der Waals surface area contributed by atoms with Crippen LogP contribution in [-0.4, -0.2) is 17.0 Å². The third kappa shape index (κ3) is 3.13. The molecule has 102 valence electrons. The summed E-state index contributed by atoms with van der Waals surface area (Å²) in [4.78, 5) is 22.9. The highest BCUT2D eigenvalue weighted by atomic mass is 35.5. The molecule has 0 saturated carbocycles. The van der Waals surface area contributed by atoms with Crippen molar-refractivity contribution in [1.82, 2.24) is 0 Å². The Labute approximate surface area is 118 Å². The van der Waals surface area contributed by atoms with Crippen LogP contribution in [0.1, 0.15) is 20.7 Å². The van der Waals surface area contributed by atoms with Crippen molar-refractivity contribution < 1.29 is 19.1 Å². The Kier molecular flexibility index (Phi) is 4.00. The molecule has 0 aromatic heterocycles. The minimum Gasteiger partial charge on any atom is -0.478 e. The standard InChI is InChI=1S/C14H9ClFNO3/c15-9-3-1-8(2-4-9)13(18)17-12-6-5-10(16)7-11(12)14(19)20/h1-7H,(H,17,18)(H,19,20). The van der Waals surface area contributed by atoms with E-state index in [0.29, 0.717) is 10.6 Å². The van der Waals surface area contributed by atoms with E-state index in [2.05, 4.69) is 5.32 Å². The topological polar surface area (TPSA) is 66.4 Å². The van der Waals surface area contributed by atoms with Gasteiger partial charge in [0.2, 0.25) is 0 Å². The highest BCUT2D eigenvalue weighted by Gasteiger charge is 2.14. The van der Waals surface area contributed by atoms with E-state index >= 15 is 0 Å². The number of nitrogens with one attached hydrogen (secondary N) is 1. The van der Waals surface area contributed by atoms with Crippen LogP contribution in [0.2, 0.25) is 5.02 Å². The van der Waals surface area contributed by atoms with Gasteiger partial charge in [-0.3, -0.25) is 4.79 Å². The van der Waals surface area contributed by atoms with E-state index < -0.39 is 17.7 Å². The molecule has 20 heavy (non-hydrogen) atoms. The third-order valence-corrected chi connectivity index (χ3v) is 2.82. The number of hydrogen-bond acceptors (Lipinski definition) is 2. The quantitative estimate of drug-likeness (QED) is 0.911. The van der Waals surface area contributed by atoms with Crippen LogP contribution in [0.25, 0.3) is 0 Å². The van der Waals surface area contributed by atoms with E-state index in [4.69, 9.17) is 16.7 Å². The summed E-state index contributed by atoms with van der Waals surface area (Å²) in [5.41, 5.74) is 0.0289. The van der Waals surface area contributed by atoms with Crippen LogP contribution in [0, 0.1) is 5.82 Å². The fraction of sp³-hybridized carbons (Fsp3) is 0. The van der Waals surface area contributed by atoms with Gasteiger partial charge in [-0.05, 0) is 42.5 Å². The number of aromatic carboxylic acids is 1. The average molecular weight is 294 g/mol. The van der Waals surface area contributed by atoms with E-state index in [1.165, 1.54) is 18.2 Å². The molecule has 0 fully saturated rings. The molecule has 0 unspecified atom stereocenters. The summed E-state index contributed by atoms with van der Waals surface area (Å²) in [6.07, 6.45) is 0. The van der Waals surface area contributed by atoms with Crippen molar-refractivity contribution in [1.29, 1.82) is 0 Å². The van der Waals surface area contributed by atoms with Crippen molar-refractivity contribution in [3.8, 4) is 0 Å². The predicted octanol–water partition coefficient (Wildman–Crippen LogP) is 3.43. The Hall–Kier alpha value is -2.40. The number of carbonyl (C=O) groups is 2. The molecule has 0 atom stereocenters. The minimum absolute atomic E-state index is 0.0267. The van der Waals surface area contributed by atoms with Gasteiger partial charge < -0.3 is 10.4 Å². The van der Waals surface area contributed by atoms with Crippen LogP contribution in [-0.2, 0) is 0 Å². The summed E-state index contributed by atoms with van der Waals surface area (Å²) in [7, 11) is 0. The molecule has 2 N–H and O–H groups in total. The lowest BCUT2D eigenvalue weighted by Gasteiger charge is -2.08. The predicted molar refractivity (Wildman–Crippen MR) is 72.8 cm³/mol.